The summed E-state index contributed by atoms with van der Waals surface area (Å²) in [5.74, 6) is 0. The number of thiazole rings is 1. The van der Waals surface area contributed by atoms with Gasteiger partial charge in [0.05, 0.1) is 12.3 Å². The number of hydrogen-bond donors (Lipinski definition) is 1. The van der Waals surface area contributed by atoms with Gasteiger partial charge in [0.15, 0.2) is 5.13 Å². The number of ether oxygens (including phenoxy) is 1. The summed E-state index contributed by atoms with van der Waals surface area (Å²) >= 11 is 1.63. The minimum Gasteiger partial charge on any atom is -0.383 e. The SMILES string of the molecule is COCCNc1nc(-c2cc(C)n(C)c2C)cs1. The van der Waals surface area contributed by atoms with E-state index in [2.05, 4.69) is 47.2 Å². The molecule has 1 N–H and O–H groups in total. The van der Waals surface area contributed by atoms with E-state index in [1.54, 1.807) is 18.4 Å². The van der Waals surface area contributed by atoms with Gasteiger partial charge in [-0.1, -0.05) is 0 Å². The Labute approximate surface area is 112 Å². The Morgan fingerprint density at radius 2 is 2.22 bits per heavy atom. The van der Waals surface area contributed by atoms with Crippen molar-refractivity contribution in [2.45, 2.75) is 13.8 Å². The number of rotatable bonds is 5. The van der Waals surface area contributed by atoms with Crippen LogP contribution < -0.4 is 5.32 Å². The maximum atomic E-state index is 5.00. The lowest BCUT2D eigenvalue weighted by Gasteiger charge is -2.01. The van der Waals surface area contributed by atoms with Crippen molar-refractivity contribution in [3.05, 3.63) is 22.8 Å². The molecule has 0 atom stereocenters. The Morgan fingerprint density at radius 1 is 1.44 bits per heavy atom. The zero-order valence-corrected chi connectivity index (χ0v) is 12.1. The van der Waals surface area contributed by atoms with Gasteiger partial charge in [0, 0.05) is 43.0 Å². The van der Waals surface area contributed by atoms with Crippen molar-refractivity contribution in [3.8, 4) is 11.3 Å². The predicted molar refractivity (Wildman–Crippen MR) is 76.4 cm³/mol. The monoisotopic (exact) mass is 265 g/mol. The average Bonchev–Trinajstić information content (AvgIpc) is 2.91. The van der Waals surface area contributed by atoms with Gasteiger partial charge in [-0.05, 0) is 19.9 Å². The molecule has 2 heterocycles. The Morgan fingerprint density at radius 3 is 2.83 bits per heavy atom. The van der Waals surface area contributed by atoms with Crippen LogP contribution in [0.2, 0.25) is 0 Å². The van der Waals surface area contributed by atoms with Gasteiger partial charge < -0.3 is 14.6 Å². The quantitative estimate of drug-likeness (QED) is 0.845. The third kappa shape index (κ3) is 2.57. The van der Waals surface area contributed by atoms with Gasteiger partial charge in [-0.25, -0.2) is 4.98 Å². The summed E-state index contributed by atoms with van der Waals surface area (Å²) in [6.07, 6.45) is 0. The Kier molecular flexibility index (Phi) is 4.04. The molecule has 0 spiro atoms. The van der Waals surface area contributed by atoms with Crippen molar-refractivity contribution in [2.75, 3.05) is 25.6 Å². The summed E-state index contributed by atoms with van der Waals surface area (Å²) in [4.78, 5) is 4.61. The average molecular weight is 265 g/mol. The Bertz CT molecular complexity index is 530. The van der Waals surface area contributed by atoms with E-state index in [9.17, 15) is 0 Å². The van der Waals surface area contributed by atoms with Crippen molar-refractivity contribution < 1.29 is 4.74 Å². The van der Waals surface area contributed by atoms with E-state index in [1.807, 2.05) is 0 Å². The molecule has 2 aromatic rings. The van der Waals surface area contributed by atoms with Crippen LogP contribution in [-0.2, 0) is 11.8 Å². The lowest BCUT2D eigenvalue weighted by molar-refractivity contribution is 0.211. The van der Waals surface area contributed by atoms with E-state index < -0.39 is 0 Å². The number of aromatic nitrogens is 2. The molecular weight excluding hydrogens is 246 g/mol. The number of methoxy groups -OCH3 is 1. The van der Waals surface area contributed by atoms with Crippen molar-refractivity contribution >= 4 is 16.5 Å². The molecule has 0 amide bonds. The lowest BCUT2D eigenvalue weighted by Crippen LogP contribution is -2.07. The third-order valence-corrected chi connectivity index (χ3v) is 3.94. The molecule has 0 bridgehead atoms. The predicted octanol–water partition coefficient (Wildman–Crippen LogP) is 2.82. The number of anilines is 1. The number of nitrogens with zero attached hydrogens (tertiary/aromatic N) is 2. The second-order valence-corrected chi connectivity index (χ2v) is 5.16. The molecule has 4 nitrogen and oxygen atoms in total. The zero-order chi connectivity index (χ0) is 13.1. The Balaban J connectivity index is 2.16. The fraction of sp³-hybridized carbons (Fsp3) is 0.462. The minimum absolute atomic E-state index is 0.693. The van der Waals surface area contributed by atoms with Gasteiger partial charge in [-0.3, -0.25) is 0 Å². The van der Waals surface area contributed by atoms with Crippen LogP contribution in [0, 0.1) is 13.8 Å². The van der Waals surface area contributed by atoms with Crippen LogP contribution in [0.15, 0.2) is 11.4 Å². The molecule has 0 unspecified atom stereocenters. The highest BCUT2D eigenvalue weighted by atomic mass is 32.1. The fourth-order valence-electron chi connectivity index (χ4n) is 1.85. The molecule has 0 aliphatic heterocycles. The van der Waals surface area contributed by atoms with Crippen molar-refractivity contribution in [3.63, 3.8) is 0 Å². The van der Waals surface area contributed by atoms with E-state index in [0.717, 1.165) is 17.4 Å². The maximum absolute atomic E-state index is 5.00. The van der Waals surface area contributed by atoms with Crippen molar-refractivity contribution in [1.29, 1.82) is 0 Å². The first kappa shape index (κ1) is 13.1. The van der Waals surface area contributed by atoms with Crippen LogP contribution in [0.1, 0.15) is 11.4 Å². The van der Waals surface area contributed by atoms with Crippen molar-refractivity contribution in [1.82, 2.24) is 9.55 Å². The molecule has 0 saturated carbocycles. The van der Waals surface area contributed by atoms with Gasteiger partial charge >= 0.3 is 0 Å². The van der Waals surface area contributed by atoms with Gasteiger partial charge in [0.1, 0.15) is 0 Å². The maximum Gasteiger partial charge on any atom is 0.183 e. The highest BCUT2D eigenvalue weighted by Crippen LogP contribution is 2.29. The number of hydrogen-bond acceptors (Lipinski definition) is 4. The zero-order valence-electron chi connectivity index (χ0n) is 11.3. The second-order valence-electron chi connectivity index (χ2n) is 4.30. The number of aryl methyl sites for hydroxylation is 1. The van der Waals surface area contributed by atoms with Crippen molar-refractivity contribution in [2.24, 2.45) is 7.05 Å². The lowest BCUT2D eigenvalue weighted by atomic mass is 10.2. The third-order valence-electron chi connectivity index (χ3n) is 3.14. The van der Waals surface area contributed by atoms with Crippen LogP contribution in [0.3, 0.4) is 0 Å². The van der Waals surface area contributed by atoms with Crippen LogP contribution in [-0.4, -0.2) is 29.8 Å². The van der Waals surface area contributed by atoms with E-state index in [4.69, 9.17) is 4.74 Å². The molecule has 0 fully saturated rings. The normalized spacial score (nSPS) is 10.9. The van der Waals surface area contributed by atoms with Crippen LogP contribution in [0.5, 0.6) is 0 Å². The summed E-state index contributed by atoms with van der Waals surface area (Å²) in [6.45, 7) is 5.72. The van der Waals surface area contributed by atoms with E-state index in [0.29, 0.717) is 6.61 Å². The molecule has 2 aromatic heterocycles. The molecule has 2 rings (SSSR count). The summed E-state index contributed by atoms with van der Waals surface area (Å²) < 4.78 is 7.19. The van der Waals surface area contributed by atoms with Crippen LogP contribution in [0.4, 0.5) is 5.13 Å². The molecule has 18 heavy (non-hydrogen) atoms. The van der Waals surface area contributed by atoms with E-state index >= 15 is 0 Å². The topological polar surface area (TPSA) is 39.1 Å². The molecule has 98 valence electrons. The second kappa shape index (κ2) is 5.54. The highest BCUT2D eigenvalue weighted by Gasteiger charge is 2.11. The van der Waals surface area contributed by atoms with Crippen LogP contribution >= 0.6 is 11.3 Å². The standard InChI is InChI=1S/C13H19N3OS/c1-9-7-11(10(2)16(9)3)12-8-18-13(15-12)14-5-6-17-4/h7-8H,5-6H2,1-4H3,(H,14,15). The molecule has 0 radical (unpaired) electrons. The summed E-state index contributed by atoms with van der Waals surface area (Å²) in [5, 5.41) is 6.29. The fourth-order valence-corrected chi connectivity index (χ4v) is 2.59. The first-order chi connectivity index (χ1) is 8.63. The minimum atomic E-state index is 0.693. The molecular formula is C13H19N3OS. The van der Waals surface area contributed by atoms with Gasteiger partial charge in [0.2, 0.25) is 0 Å². The first-order valence-corrected chi connectivity index (χ1v) is 6.83. The first-order valence-electron chi connectivity index (χ1n) is 5.95. The highest BCUT2D eigenvalue weighted by molar-refractivity contribution is 7.14. The molecule has 5 heteroatoms. The summed E-state index contributed by atoms with van der Waals surface area (Å²) in [6, 6.07) is 2.18. The van der Waals surface area contributed by atoms with Crippen LogP contribution in [0.25, 0.3) is 11.3 Å². The number of nitrogens with one attached hydrogen (secondary N) is 1. The van der Waals surface area contributed by atoms with Gasteiger partial charge in [0.25, 0.3) is 0 Å². The summed E-state index contributed by atoms with van der Waals surface area (Å²) in [5.41, 5.74) is 4.76. The molecule has 0 aliphatic carbocycles. The molecule has 0 saturated heterocycles. The Hall–Kier alpha value is -1.33. The van der Waals surface area contributed by atoms with E-state index in [-0.39, 0.29) is 0 Å². The van der Waals surface area contributed by atoms with Gasteiger partial charge in [-0.2, -0.15) is 0 Å². The largest absolute Gasteiger partial charge is 0.383 e. The summed E-state index contributed by atoms with van der Waals surface area (Å²) in [7, 11) is 3.78. The molecule has 0 aromatic carbocycles. The van der Waals surface area contributed by atoms with Gasteiger partial charge in [-0.15, -0.1) is 11.3 Å². The van der Waals surface area contributed by atoms with E-state index in [1.165, 1.54) is 17.0 Å². The smallest absolute Gasteiger partial charge is 0.183 e. The molecule has 0 aliphatic rings.